The predicted molar refractivity (Wildman–Crippen MR) is 90.9 cm³/mol. The number of rotatable bonds is 5. The van der Waals surface area contributed by atoms with Gasteiger partial charge in [0.05, 0.1) is 21.7 Å². The summed E-state index contributed by atoms with van der Waals surface area (Å²) in [7, 11) is 0. The van der Waals surface area contributed by atoms with Gasteiger partial charge in [0.2, 0.25) is 5.91 Å². The SMILES string of the molecule is N#CCC(=O)Nc1ccc(C(=O)OCc2ccc(Cl)c(Cl)c2)cc1. The maximum absolute atomic E-state index is 12.0. The molecule has 2 aromatic rings. The number of hydrogen-bond donors (Lipinski definition) is 1. The fourth-order valence-corrected chi connectivity index (χ4v) is 2.15. The molecule has 0 heterocycles. The van der Waals surface area contributed by atoms with Crippen molar-refractivity contribution in [2.24, 2.45) is 0 Å². The smallest absolute Gasteiger partial charge is 0.338 e. The zero-order valence-electron chi connectivity index (χ0n) is 12.4. The van der Waals surface area contributed by atoms with Crippen LogP contribution < -0.4 is 5.32 Å². The molecule has 0 unspecified atom stereocenters. The number of carbonyl (C=O) groups excluding carboxylic acids is 2. The first-order valence-corrected chi connectivity index (χ1v) is 7.63. The Kier molecular flexibility index (Phi) is 6.19. The number of ether oxygens (including phenoxy) is 1. The fraction of sp³-hybridized carbons (Fsp3) is 0.118. The van der Waals surface area contributed by atoms with E-state index < -0.39 is 11.9 Å². The molecule has 0 aliphatic heterocycles. The van der Waals surface area contributed by atoms with E-state index in [4.69, 9.17) is 33.2 Å². The van der Waals surface area contributed by atoms with Gasteiger partial charge in [0.1, 0.15) is 13.0 Å². The molecule has 0 bridgehead atoms. The molecule has 0 aromatic heterocycles. The molecule has 0 fully saturated rings. The van der Waals surface area contributed by atoms with Crippen LogP contribution in [0.25, 0.3) is 0 Å². The van der Waals surface area contributed by atoms with Gasteiger partial charge in [-0.2, -0.15) is 5.26 Å². The van der Waals surface area contributed by atoms with Gasteiger partial charge in [-0.25, -0.2) is 4.79 Å². The monoisotopic (exact) mass is 362 g/mol. The lowest BCUT2D eigenvalue weighted by Gasteiger charge is -2.07. The van der Waals surface area contributed by atoms with Gasteiger partial charge in [-0.15, -0.1) is 0 Å². The number of benzene rings is 2. The molecule has 0 radical (unpaired) electrons. The maximum atomic E-state index is 12.0. The number of esters is 1. The van der Waals surface area contributed by atoms with E-state index in [0.717, 1.165) is 5.56 Å². The van der Waals surface area contributed by atoms with Gasteiger partial charge in [-0.1, -0.05) is 29.3 Å². The van der Waals surface area contributed by atoms with E-state index in [1.165, 1.54) is 12.1 Å². The van der Waals surface area contributed by atoms with Crippen LogP contribution in [0.15, 0.2) is 42.5 Å². The number of nitriles is 1. The number of hydrogen-bond acceptors (Lipinski definition) is 4. The van der Waals surface area contributed by atoms with Crippen molar-refractivity contribution in [3.8, 4) is 6.07 Å². The third-order valence-corrected chi connectivity index (χ3v) is 3.74. The Morgan fingerprint density at radius 3 is 2.42 bits per heavy atom. The molecule has 0 aliphatic rings. The lowest BCUT2D eigenvalue weighted by Crippen LogP contribution is -2.10. The van der Waals surface area contributed by atoms with Crippen molar-refractivity contribution in [3.63, 3.8) is 0 Å². The van der Waals surface area contributed by atoms with Crippen LogP contribution in [0, 0.1) is 11.3 Å². The Morgan fingerprint density at radius 2 is 1.79 bits per heavy atom. The second kappa shape index (κ2) is 8.34. The highest BCUT2D eigenvalue weighted by atomic mass is 35.5. The van der Waals surface area contributed by atoms with Crippen LogP contribution in [0.5, 0.6) is 0 Å². The average molecular weight is 363 g/mol. The van der Waals surface area contributed by atoms with Crippen LogP contribution in [0.4, 0.5) is 5.69 Å². The van der Waals surface area contributed by atoms with Crippen molar-refractivity contribution in [1.82, 2.24) is 0 Å². The standard InChI is InChI=1S/C17H12Cl2N2O3/c18-14-6-1-11(9-15(14)19)10-24-17(23)12-2-4-13(5-3-12)21-16(22)7-8-20/h1-6,9H,7,10H2,(H,21,22). The van der Waals surface area contributed by atoms with Crippen LogP contribution in [-0.2, 0) is 16.1 Å². The van der Waals surface area contributed by atoms with Gasteiger partial charge in [0.15, 0.2) is 0 Å². The minimum Gasteiger partial charge on any atom is -0.457 e. The molecule has 2 aromatic carbocycles. The molecule has 0 saturated heterocycles. The molecule has 2 rings (SSSR count). The Balaban J connectivity index is 1.93. The van der Waals surface area contributed by atoms with Gasteiger partial charge < -0.3 is 10.1 Å². The minimum absolute atomic E-state index is 0.0659. The van der Waals surface area contributed by atoms with Gasteiger partial charge in [-0.05, 0) is 42.0 Å². The third-order valence-electron chi connectivity index (χ3n) is 3.00. The summed E-state index contributed by atoms with van der Waals surface area (Å²) in [6, 6.07) is 12.9. The summed E-state index contributed by atoms with van der Waals surface area (Å²) < 4.78 is 5.20. The van der Waals surface area contributed by atoms with Crippen LogP contribution in [-0.4, -0.2) is 11.9 Å². The van der Waals surface area contributed by atoms with E-state index >= 15 is 0 Å². The summed E-state index contributed by atoms with van der Waals surface area (Å²) in [6.45, 7) is 0.0659. The van der Waals surface area contributed by atoms with Crippen LogP contribution in [0.1, 0.15) is 22.3 Å². The summed E-state index contributed by atoms with van der Waals surface area (Å²) in [4.78, 5) is 23.3. The lowest BCUT2D eigenvalue weighted by molar-refractivity contribution is -0.115. The van der Waals surface area contributed by atoms with E-state index in [-0.39, 0.29) is 13.0 Å². The highest BCUT2D eigenvalue weighted by molar-refractivity contribution is 6.42. The molecule has 7 heteroatoms. The zero-order chi connectivity index (χ0) is 17.5. The predicted octanol–water partition coefficient (Wildman–Crippen LogP) is 4.20. The van der Waals surface area contributed by atoms with Gasteiger partial charge >= 0.3 is 5.97 Å². The second-order valence-electron chi connectivity index (χ2n) is 4.79. The Morgan fingerprint density at radius 1 is 1.08 bits per heavy atom. The normalized spacial score (nSPS) is 9.88. The van der Waals surface area contributed by atoms with Crippen molar-refractivity contribution in [2.45, 2.75) is 13.0 Å². The summed E-state index contributed by atoms with van der Waals surface area (Å²) >= 11 is 11.7. The van der Waals surface area contributed by atoms with Crippen LogP contribution >= 0.6 is 23.2 Å². The molecular weight excluding hydrogens is 351 g/mol. The number of carbonyl (C=O) groups is 2. The quantitative estimate of drug-likeness (QED) is 0.808. The first kappa shape index (κ1) is 17.8. The topological polar surface area (TPSA) is 79.2 Å². The highest BCUT2D eigenvalue weighted by Crippen LogP contribution is 2.23. The molecule has 122 valence electrons. The Labute approximate surface area is 148 Å². The van der Waals surface area contributed by atoms with Crippen molar-refractivity contribution >= 4 is 40.8 Å². The summed E-state index contributed by atoms with van der Waals surface area (Å²) in [5.41, 5.74) is 1.56. The molecule has 24 heavy (non-hydrogen) atoms. The molecular formula is C17H12Cl2N2O3. The minimum atomic E-state index is -0.504. The van der Waals surface area contributed by atoms with Gasteiger partial charge in [0.25, 0.3) is 0 Å². The summed E-state index contributed by atoms with van der Waals surface area (Å²) in [5, 5.41) is 11.8. The lowest BCUT2D eigenvalue weighted by atomic mass is 10.2. The number of halogens is 2. The maximum Gasteiger partial charge on any atom is 0.338 e. The van der Waals surface area contributed by atoms with Crippen molar-refractivity contribution in [1.29, 1.82) is 5.26 Å². The van der Waals surface area contributed by atoms with Gasteiger partial charge in [-0.3, -0.25) is 4.79 Å². The molecule has 1 amide bonds. The van der Waals surface area contributed by atoms with Crippen molar-refractivity contribution in [2.75, 3.05) is 5.32 Å². The molecule has 1 N–H and O–H groups in total. The molecule has 5 nitrogen and oxygen atoms in total. The molecule has 0 saturated carbocycles. The Bertz CT molecular complexity index is 798. The molecule has 0 spiro atoms. The van der Waals surface area contributed by atoms with E-state index in [2.05, 4.69) is 5.32 Å². The van der Waals surface area contributed by atoms with E-state index in [1.807, 2.05) is 0 Å². The third kappa shape index (κ3) is 4.98. The van der Waals surface area contributed by atoms with Crippen molar-refractivity contribution < 1.29 is 14.3 Å². The average Bonchev–Trinajstić information content (AvgIpc) is 2.56. The number of anilines is 1. The fourth-order valence-electron chi connectivity index (χ4n) is 1.83. The number of nitrogens with one attached hydrogen (secondary N) is 1. The first-order chi connectivity index (χ1) is 11.5. The first-order valence-electron chi connectivity index (χ1n) is 6.87. The van der Waals surface area contributed by atoms with Crippen LogP contribution in [0.2, 0.25) is 10.0 Å². The van der Waals surface area contributed by atoms with Gasteiger partial charge in [0, 0.05) is 5.69 Å². The van der Waals surface area contributed by atoms with E-state index in [0.29, 0.717) is 21.3 Å². The Hall–Kier alpha value is -2.55. The summed E-state index contributed by atoms with van der Waals surface area (Å²) in [5.74, 6) is -0.914. The number of nitrogens with zero attached hydrogens (tertiary/aromatic N) is 1. The molecule has 0 atom stereocenters. The van der Waals surface area contributed by atoms with Crippen LogP contribution in [0.3, 0.4) is 0 Å². The second-order valence-corrected chi connectivity index (χ2v) is 5.60. The highest BCUT2D eigenvalue weighted by Gasteiger charge is 2.09. The number of amides is 1. The van der Waals surface area contributed by atoms with Crippen molar-refractivity contribution in [3.05, 3.63) is 63.6 Å². The van der Waals surface area contributed by atoms with E-state index in [1.54, 1.807) is 36.4 Å². The largest absolute Gasteiger partial charge is 0.457 e. The summed E-state index contributed by atoms with van der Waals surface area (Å²) in [6.07, 6.45) is -0.229. The molecule has 0 aliphatic carbocycles. The van der Waals surface area contributed by atoms with E-state index in [9.17, 15) is 9.59 Å². The zero-order valence-corrected chi connectivity index (χ0v) is 13.9.